The van der Waals surface area contributed by atoms with Gasteiger partial charge in [-0.15, -0.1) is 23.7 Å². The van der Waals surface area contributed by atoms with Gasteiger partial charge >= 0.3 is 0 Å². The summed E-state index contributed by atoms with van der Waals surface area (Å²) in [6.07, 6.45) is 0.778. The number of hydrogen-bond acceptors (Lipinski definition) is 4. The van der Waals surface area contributed by atoms with Crippen LogP contribution in [-0.2, 0) is 0 Å². The van der Waals surface area contributed by atoms with Crippen LogP contribution in [0.25, 0.3) is 10.6 Å². The summed E-state index contributed by atoms with van der Waals surface area (Å²) in [6.45, 7) is 3.20. The third-order valence-corrected chi connectivity index (χ3v) is 3.65. The van der Waals surface area contributed by atoms with Crippen LogP contribution in [-0.4, -0.2) is 24.0 Å². The molecule has 0 aliphatic carbocycles. The second-order valence-corrected chi connectivity index (χ2v) is 5.11. The third-order valence-electron chi connectivity index (χ3n) is 2.78. The van der Waals surface area contributed by atoms with Gasteiger partial charge in [0.05, 0.1) is 0 Å². The number of benzene rings is 1. The molecular formula is C14H18ClN3OS. The zero-order chi connectivity index (χ0) is 13.7. The Morgan fingerprint density at radius 3 is 2.85 bits per heavy atom. The minimum absolute atomic E-state index is 0. The number of carbonyl (C=O) groups excluding carboxylic acids is 1. The van der Waals surface area contributed by atoms with E-state index in [0.717, 1.165) is 22.6 Å². The summed E-state index contributed by atoms with van der Waals surface area (Å²) in [4.78, 5) is 16.2. The van der Waals surface area contributed by atoms with E-state index in [2.05, 4.69) is 10.3 Å². The van der Waals surface area contributed by atoms with Gasteiger partial charge in [-0.1, -0.05) is 24.3 Å². The van der Waals surface area contributed by atoms with Gasteiger partial charge in [-0.05, 0) is 25.5 Å². The number of hydrogen-bond donors (Lipinski definition) is 2. The minimum atomic E-state index is -0.135. The Kier molecular flexibility index (Phi) is 6.64. The van der Waals surface area contributed by atoms with Crippen LogP contribution in [0, 0.1) is 6.92 Å². The first kappa shape index (κ1) is 16.6. The summed E-state index contributed by atoms with van der Waals surface area (Å²) < 4.78 is 0. The van der Waals surface area contributed by atoms with Crippen LogP contribution >= 0.6 is 23.7 Å². The second-order valence-electron chi connectivity index (χ2n) is 4.25. The highest BCUT2D eigenvalue weighted by Crippen LogP contribution is 2.26. The zero-order valence-corrected chi connectivity index (χ0v) is 12.9. The number of rotatable bonds is 5. The quantitative estimate of drug-likeness (QED) is 0.834. The molecule has 0 radical (unpaired) electrons. The molecule has 2 aromatic rings. The molecule has 0 saturated carbocycles. The summed E-state index contributed by atoms with van der Waals surface area (Å²) in [6, 6.07) is 8.03. The van der Waals surface area contributed by atoms with Crippen LogP contribution in [0.3, 0.4) is 0 Å². The number of nitrogens with two attached hydrogens (primary N) is 1. The molecule has 108 valence electrons. The van der Waals surface area contributed by atoms with E-state index in [9.17, 15) is 4.79 Å². The summed E-state index contributed by atoms with van der Waals surface area (Å²) in [5.41, 5.74) is 8.09. The third kappa shape index (κ3) is 4.03. The highest BCUT2D eigenvalue weighted by molar-refractivity contribution is 7.13. The average Bonchev–Trinajstić information content (AvgIpc) is 2.89. The average molecular weight is 312 g/mol. The SMILES string of the molecule is Cc1ccccc1-c1nc(C(=O)NCCCN)cs1.Cl. The van der Waals surface area contributed by atoms with Crippen LogP contribution in [0.15, 0.2) is 29.6 Å². The number of aryl methyl sites for hydroxylation is 1. The van der Waals surface area contributed by atoms with E-state index in [1.54, 1.807) is 5.38 Å². The van der Waals surface area contributed by atoms with Crippen molar-refractivity contribution in [2.24, 2.45) is 5.73 Å². The molecule has 0 saturated heterocycles. The fourth-order valence-corrected chi connectivity index (χ4v) is 2.60. The number of nitrogens with zero attached hydrogens (tertiary/aromatic N) is 1. The van der Waals surface area contributed by atoms with E-state index >= 15 is 0 Å². The summed E-state index contributed by atoms with van der Waals surface area (Å²) in [7, 11) is 0. The highest BCUT2D eigenvalue weighted by Gasteiger charge is 2.12. The van der Waals surface area contributed by atoms with E-state index < -0.39 is 0 Å². The van der Waals surface area contributed by atoms with Gasteiger partial charge in [-0.3, -0.25) is 4.79 Å². The number of halogens is 1. The molecule has 0 aliphatic heterocycles. The predicted octanol–water partition coefficient (Wildman–Crippen LogP) is 2.62. The Labute approximate surface area is 128 Å². The summed E-state index contributed by atoms with van der Waals surface area (Å²) in [5.74, 6) is -0.135. The Hall–Kier alpha value is -1.43. The van der Waals surface area contributed by atoms with E-state index in [4.69, 9.17) is 5.73 Å². The fourth-order valence-electron chi connectivity index (χ4n) is 1.71. The number of carbonyl (C=O) groups is 1. The van der Waals surface area contributed by atoms with Gasteiger partial charge in [0, 0.05) is 17.5 Å². The molecular weight excluding hydrogens is 294 g/mol. The van der Waals surface area contributed by atoms with Gasteiger partial charge < -0.3 is 11.1 Å². The maximum absolute atomic E-state index is 11.8. The van der Waals surface area contributed by atoms with E-state index in [-0.39, 0.29) is 18.3 Å². The molecule has 1 aromatic heterocycles. The monoisotopic (exact) mass is 311 g/mol. The lowest BCUT2D eigenvalue weighted by molar-refractivity contribution is 0.0949. The van der Waals surface area contributed by atoms with Gasteiger partial charge in [-0.2, -0.15) is 0 Å². The van der Waals surface area contributed by atoms with Crippen molar-refractivity contribution in [3.8, 4) is 10.6 Å². The van der Waals surface area contributed by atoms with E-state index in [1.165, 1.54) is 11.3 Å². The molecule has 0 fully saturated rings. The van der Waals surface area contributed by atoms with Crippen LogP contribution < -0.4 is 11.1 Å². The van der Waals surface area contributed by atoms with E-state index in [1.807, 2.05) is 31.2 Å². The van der Waals surface area contributed by atoms with Crippen molar-refractivity contribution in [2.75, 3.05) is 13.1 Å². The molecule has 0 aliphatic rings. The fraction of sp³-hybridized carbons (Fsp3) is 0.286. The molecule has 2 rings (SSSR count). The zero-order valence-electron chi connectivity index (χ0n) is 11.3. The molecule has 0 atom stereocenters. The van der Waals surface area contributed by atoms with Gasteiger partial charge in [0.25, 0.3) is 5.91 Å². The predicted molar refractivity (Wildman–Crippen MR) is 85.5 cm³/mol. The highest BCUT2D eigenvalue weighted by atomic mass is 35.5. The maximum Gasteiger partial charge on any atom is 0.270 e. The largest absolute Gasteiger partial charge is 0.351 e. The van der Waals surface area contributed by atoms with Gasteiger partial charge in [0.1, 0.15) is 10.7 Å². The lowest BCUT2D eigenvalue weighted by Crippen LogP contribution is -2.26. The van der Waals surface area contributed by atoms with Crippen LogP contribution in [0.2, 0.25) is 0 Å². The standard InChI is InChI=1S/C14H17N3OS.ClH/c1-10-5-2-3-6-11(10)14-17-12(9-19-14)13(18)16-8-4-7-15;/h2-3,5-6,9H,4,7-8,15H2,1H3,(H,16,18);1H. The minimum Gasteiger partial charge on any atom is -0.351 e. The number of thiazole rings is 1. The Morgan fingerprint density at radius 2 is 2.15 bits per heavy atom. The van der Waals surface area contributed by atoms with Crippen molar-refractivity contribution >= 4 is 29.7 Å². The molecule has 0 spiro atoms. The van der Waals surface area contributed by atoms with Crippen LogP contribution in [0.5, 0.6) is 0 Å². The first-order valence-corrected chi connectivity index (χ1v) is 7.10. The first-order chi connectivity index (χ1) is 9.22. The van der Waals surface area contributed by atoms with Crippen LogP contribution in [0.1, 0.15) is 22.5 Å². The molecule has 0 bridgehead atoms. The Bertz CT molecular complexity index is 571. The normalized spacial score (nSPS) is 9.90. The lowest BCUT2D eigenvalue weighted by atomic mass is 10.1. The number of aromatic nitrogens is 1. The van der Waals surface area contributed by atoms with Crippen molar-refractivity contribution in [3.63, 3.8) is 0 Å². The summed E-state index contributed by atoms with van der Waals surface area (Å²) in [5, 5.41) is 5.47. The van der Waals surface area contributed by atoms with Crippen LogP contribution in [0.4, 0.5) is 0 Å². The molecule has 3 N–H and O–H groups in total. The van der Waals surface area contributed by atoms with E-state index in [0.29, 0.717) is 18.8 Å². The molecule has 0 unspecified atom stereocenters. The number of amides is 1. The Balaban J connectivity index is 0.00000200. The lowest BCUT2D eigenvalue weighted by Gasteiger charge is -2.02. The molecule has 1 amide bonds. The van der Waals surface area contributed by atoms with Crippen molar-refractivity contribution in [2.45, 2.75) is 13.3 Å². The first-order valence-electron chi connectivity index (χ1n) is 6.22. The molecule has 6 heteroatoms. The maximum atomic E-state index is 11.8. The summed E-state index contributed by atoms with van der Waals surface area (Å²) >= 11 is 1.49. The molecule has 1 heterocycles. The van der Waals surface area contributed by atoms with Gasteiger partial charge in [0.2, 0.25) is 0 Å². The molecule has 4 nitrogen and oxygen atoms in total. The van der Waals surface area contributed by atoms with Crippen molar-refractivity contribution in [1.82, 2.24) is 10.3 Å². The van der Waals surface area contributed by atoms with Crippen molar-refractivity contribution in [3.05, 3.63) is 40.9 Å². The van der Waals surface area contributed by atoms with Crippen molar-refractivity contribution < 1.29 is 4.79 Å². The second kappa shape index (κ2) is 7.99. The molecule has 20 heavy (non-hydrogen) atoms. The van der Waals surface area contributed by atoms with Crippen molar-refractivity contribution in [1.29, 1.82) is 0 Å². The topological polar surface area (TPSA) is 68.0 Å². The Morgan fingerprint density at radius 1 is 1.40 bits per heavy atom. The molecule has 1 aromatic carbocycles. The van der Waals surface area contributed by atoms with Gasteiger partial charge in [0.15, 0.2) is 0 Å². The smallest absolute Gasteiger partial charge is 0.270 e. The number of nitrogens with one attached hydrogen (secondary N) is 1. The van der Waals surface area contributed by atoms with Gasteiger partial charge in [-0.25, -0.2) is 4.98 Å².